The number of nitrogens with two attached hydrogens (primary N) is 1. The lowest BCUT2D eigenvalue weighted by Crippen LogP contribution is -2.33. The summed E-state index contributed by atoms with van der Waals surface area (Å²) < 4.78 is 13.1. The molecule has 1 aromatic heterocycles. The van der Waals surface area contributed by atoms with Gasteiger partial charge in [0.15, 0.2) is 0 Å². The number of nitrogens with one attached hydrogen (secondary N) is 1. The molecule has 1 heterocycles. The van der Waals surface area contributed by atoms with Crippen molar-refractivity contribution in [1.29, 1.82) is 0 Å². The smallest absolute Gasteiger partial charge is 0.236 e. The first-order valence-electron chi connectivity index (χ1n) is 11.1. The summed E-state index contributed by atoms with van der Waals surface area (Å²) in [4.78, 5) is 30.7. The van der Waals surface area contributed by atoms with Crippen LogP contribution in [0.25, 0.3) is 0 Å². The van der Waals surface area contributed by atoms with Crippen LogP contribution in [-0.4, -0.2) is 23.3 Å². The second-order valence-electron chi connectivity index (χ2n) is 8.12. The van der Waals surface area contributed by atoms with Gasteiger partial charge in [-0.15, -0.1) is 11.3 Å². The highest BCUT2D eigenvalue weighted by atomic mass is 32.1. The second kappa shape index (κ2) is 11.4. The lowest BCUT2D eigenvalue weighted by molar-refractivity contribution is -0.117. The Labute approximate surface area is 207 Å². The van der Waals surface area contributed by atoms with Gasteiger partial charge in [-0.1, -0.05) is 48.5 Å². The fourth-order valence-corrected chi connectivity index (χ4v) is 4.50. The zero-order valence-electron chi connectivity index (χ0n) is 19.0. The van der Waals surface area contributed by atoms with Gasteiger partial charge in [0.25, 0.3) is 0 Å². The van der Waals surface area contributed by atoms with E-state index in [0.717, 1.165) is 21.8 Å². The molecule has 35 heavy (non-hydrogen) atoms. The number of amides is 2. The van der Waals surface area contributed by atoms with Crippen LogP contribution in [0.15, 0.2) is 84.2 Å². The number of hydrogen-bond acceptors (Lipinski definition) is 5. The van der Waals surface area contributed by atoms with Crippen LogP contribution in [-0.2, 0) is 29.0 Å². The molecule has 3 aromatic carbocycles. The first-order valence-corrected chi connectivity index (χ1v) is 12.0. The summed E-state index contributed by atoms with van der Waals surface area (Å²) >= 11 is 1.47. The first-order chi connectivity index (χ1) is 16.9. The van der Waals surface area contributed by atoms with E-state index in [2.05, 4.69) is 10.3 Å². The molecule has 0 saturated carbocycles. The zero-order valence-corrected chi connectivity index (χ0v) is 19.8. The maximum absolute atomic E-state index is 13.1. The van der Waals surface area contributed by atoms with Crippen molar-refractivity contribution in [3.8, 4) is 0 Å². The third kappa shape index (κ3) is 7.22. The molecule has 0 saturated heterocycles. The van der Waals surface area contributed by atoms with Gasteiger partial charge in [-0.2, -0.15) is 0 Å². The Morgan fingerprint density at radius 1 is 0.971 bits per heavy atom. The van der Waals surface area contributed by atoms with Crippen LogP contribution in [0, 0.1) is 5.82 Å². The van der Waals surface area contributed by atoms with Gasteiger partial charge in [0.2, 0.25) is 11.8 Å². The van der Waals surface area contributed by atoms with Crippen molar-refractivity contribution in [1.82, 2.24) is 4.98 Å². The van der Waals surface area contributed by atoms with E-state index in [0.29, 0.717) is 24.3 Å². The average Bonchev–Trinajstić information content (AvgIpc) is 3.27. The van der Waals surface area contributed by atoms with Gasteiger partial charge in [0, 0.05) is 29.7 Å². The van der Waals surface area contributed by atoms with Crippen LogP contribution >= 0.6 is 11.3 Å². The van der Waals surface area contributed by atoms with Crippen molar-refractivity contribution in [3.63, 3.8) is 0 Å². The summed E-state index contributed by atoms with van der Waals surface area (Å²) in [7, 11) is 0. The molecule has 3 N–H and O–H groups in total. The molecule has 178 valence electrons. The van der Waals surface area contributed by atoms with Gasteiger partial charge in [-0.3, -0.25) is 9.59 Å². The Morgan fingerprint density at radius 2 is 1.74 bits per heavy atom. The quantitative estimate of drug-likeness (QED) is 0.343. The van der Waals surface area contributed by atoms with Gasteiger partial charge in [0.05, 0.1) is 23.7 Å². The minimum atomic E-state index is -0.435. The summed E-state index contributed by atoms with van der Waals surface area (Å²) in [5.74, 6) is -0.896. The SMILES string of the molecule is NC(=O)CN(Cc1ccccc1)c1cccc(NC(=O)Cc2csc(Cc3ccc(F)cc3)n2)c1. The number of benzene rings is 3. The van der Waals surface area contributed by atoms with Crippen molar-refractivity contribution >= 4 is 34.5 Å². The molecule has 0 unspecified atom stereocenters. The van der Waals surface area contributed by atoms with Gasteiger partial charge >= 0.3 is 0 Å². The number of carbonyl (C=O) groups is 2. The summed E-state index contributed by atoms with van der Waals surface area (Å²) in [5, 5.41) is 5.64. The highest BCUT2D eigenvalue weighted by molar-refractivity contribution is 7.09. The fraction of sp³-hybridized carbons (Fsp3) is 0.148. The van der Waals surface area contributed by atoms with E-state index in [9.17, 15) is 14.0 Å². The van der Waals surface area contributed by atoms with E-state index < -0.39 is 5.91 Å². The lowest BCUT2D eigenvalue weighted by atomic mass is 10.1. The minimum absolute atomic E-state index is 0.0575. The highest BCUT2D eigenvalue weighted by Crippen LogP contribution is 2.22. The monoisotopic (exact) mass is 488 g/mol. The van der Waals surface area contributed by atoms with Crippen LogP contribution in [0.1, 0.15) is 21.8 Å². The molecular weight excluding hydrogens is 463 g/mol. The van der Waals surface area contributed by atoms with Gasteiger partial charge in [0.1, 0.15) is 5.82 Å². The van der Waals surface area contributed by atoms with Gasteiger partial charge < -0.3 is 16.0 Å². The molecule has 2 amide bonds. The van der Waals surface area contributed by atoms with Crippen LogP contribution in [0.4, 0.5) is 15.8 Å². The number of aromatic nitrogens is 1. The standard InChI is InChI=1S/C27H25FN4O2S/c28-21-11-9-19(10-12-21)13-27-31-23(18-35-27)15-26(34)30-22-7-4-8-24(14-22)32(17-25(29)33)16-20-5-2-1-3-6-20/h1-12,14,18H,13,15-17H2,(H2,29,33)(H,30,34). The molecule has 6 nitrogen and oxygen atoms in total. The molecule has 0 radical (unpaired) electrons. The predicted octanol–water partition coefficient (Wildman–Crippen LogP) is 4.55. The molecule has 0 aliphatic carbocycles. The number of primary amides is 1. The van der Waals surface area contributed by atoms with E-state index in [1.54, 1.807) is 18.2 Å². The number of rotatable bonds is 10. The van der Waals surface area contributed by atoms with Crippen LogP contribution in [0.2, 0.25) is 0 Å². The molecule has 0 atom stereocenters. The Kier molecular flexibility index (Phi) is 7.84. The highest BCUT2D eigenvalue weighted by Gasteiger charge is 2.13. The average molecular weight is 489 g/mol. The molecule has 0 spiro atoms. The number of anilines is 2. The van der Waals surface area contributed by atoms with Crippen LogP contribution in [0.3, 0.4) is 0 Å². The van der Waals surface area contributed by atoms with Crippen molar-refractivity contribution < 1.29 is 14.0 Å². The molecule has 0 aliphatic rings. The number of hydrogen-bond donors (Lipinski definition) is 2. The van der Waals surface area contributed by atoms with Crippen molar-refractivity contribution in [2.24, 2.45) is 5.73 Å². The molecular formula is C27H25FN4O2S. The molecule has 4 rings (SSSR count). The molecule has 4 aromatic rings. The van der Waals surface area contributed by atoms with E-state index >= 15 is 0 Å². The number of nitrogens with zero attached hydrogens (tertiary/aromatic N) is 2. The summed E-state index contributed by atoms with van der Waals surface area (Å²) in [6.45, 7) is 0.568. The van der Waals surface area contributed by atoms with Gasteiger partial charge in [-0.25, -0.2) is 9.37 Å². The molecule has 8 heteroatoms. The van der Waals surface area contributed by atoms with E-state index in [1.165, 1.54) is 23.5 Å². The number of carbonyl (C=O) groups excluding carboxylic acids is 2. The number of halogens is 1. The maximum Gasteiger partial charge on any atom is 0.236 e. The third-order valence-corrected chi connectivity index (χ3v) is 6.17. The molecule has 0 aliphatic heterocycles. The van der Waals surface area contributed by atoms with E-state index in [1.807, 2.05) is 58.8 Å². The second-order valence-corrected chi connectivity index (χ2v) is 9.06. The molecule has 0 fully saturated rings. The molecule has 0 bridgehead atoms. The predicted molar refractivity (Wildman–Crippen MR) is 137 cm³/mol. The zero-order chi connectivity index (χ0) is 24.6. The summed E-state index contributed by atoms with van der Waals surface area (Å²) in [5.41, 5.74) is 9.56. The van der Waals surface area contributed by atoms with Crippen molar-refractivity contribution in [2.75, 3.05) is 16.8 Å². The third-order valence-electron chi connectivity index (χ3n) is 5.27. The summed E-state index contributed by atoms with van der Waals surface area (Å²) in [6, 6.07) is 23.4. The summed E-state index contributed by atoms with van der Waals surface area (Å²) in [6.07, 6.45) is 0.727. The number of thiazole rings is 1. The van der Waals surface area contributed by atoms with Crippen molar-refractivity contribution in [3.05, 3.63) is 112 Å². The van der Waals surface area contributed by atoms with Gasteiger partial charge in [-0.05, 0) is 41.5 Å². The maximum atomic E-state index is 13.1. The fourth-order valence-electron chi connectivity index (χ4n) is 3.67. The lowest BCUT2D eigenvalue weighted by Gasteiger charge is -2.24. The van der Waals surface area contributed by atoms with Crippen LogP contribution < -0.4 is 16.0 Å². The Bertz CT molecular complexity index is 1290. The topological polar surface area (TPSA) is 88.3 Å². The van der Waals surface area contributed by atoms with Crippen LogP contribution in [0.5, 0.6) is 0 Å². The van der Waals surface area contributed by atoms with E-state index in [4.69, 9.17) is 5.73 Å². The minimum Gasteiger partial charge on any atom is -0.368 e. The van der Waals surface area contributed by atoms with Crippen molar-refractivity contribution in [2.45, 2.75) is 19.4 Å². The Balaban J connectivity index is 1.39. The largest absolute Gasteiger partial charge is 0.368 e. The Morgan fingerprint density at radius 3 is 2.49 bits per heavy atom. The van der Waals surface area contributed by atoms with E-state index in [-0.39, 0.29) is 24.7 Å². The normalized spacial score (nSPS) is 10.7. The first kappa shape index (κ1) is 24.1. The Hall–Kier alpha value is -4.04.